The lowest BCUT2D eigenvalue weighted by atomic mass is 10.0. The van der Waals surface area contributed by atoms with Crippen molar-refractivity contribution in [2.24, 2.45) is 5.92 Å². The van der Waals surface area contributed by atoms with E-state index in [0.29, 0.717) is 17.8 Å². The first kappa shape index (κ1) is 23.4. The molecule has 4 aromatic rings. The van der Waals surface area contributed by atoms with E-state index in [-0.39, 0.29) is 11.7 Å². The fourth-order valence-electron chi connectivity index (χ4n) is 4.41. The summed E-state index contributed by atoms with van der Waals surface area (Å²) in [6.07, 6.45) is 1.70. The number of aliphatic carboxylic acids is 1. The van der Waals surface area contributed by atoms with E-state index in [9.17, 15) is 14.3 Å². The van der Waals surface area contributed by atoms with Crippen molar-refractivity contribution in [2.45, 2.75) is 26.4 Å². The van der Waals surface area contributed by atoms with E-state index in [2.05, 4.69) is 17.2 Å². The van der Waals surface area contributed by atoms with Crippen molar-refractivity contribution in [3.05, 3.63) is 96.4 Å². The van der Waals surface area contributed by atoms with Gasteiger partial charge in [-0.15, -0.1) is 0 Å². The van der Waals surface area contributed by atoms with Crippen LogP contribution in [0.3, 0.4) is 0 Å². The van der Waals surface area contributed by atoms with Gasteiger partial charge in [-0.2, -0.15) is 5.10 Å². The molecule has 5 nitrogen and oxygen atoms in total. The van der Waals surface area contributed by atoms with Crippen LogP contribution in [-0.2, 0) is 11.3 Å². The number of carboxylic acid groups (broad SMARTS) is 1. The fourth-order valence-corrected chi connectivity index (χ4v) is 4.41. The van der Waals surface area contributed by atoms with E-state index < -0.39 is 12.0 Å². The van der Waals surface area contributed by atoms with Crippen LogP contribution in [0.4, 0.5) is 4.39 Å². The summed E-state index contributed by atoms with van der Waals surface area (Å²) >= 11 is 0. The first-order valence-electron chi connectivity index (χ1n) is 11.3. The maximum Gasteiger partial charge on any atom is 0.321 e. The standard InChI is InChI=1S/C28H28FN3O2/c1-19(2)26(28(33)34)31(3)18-22-17-30-32(27(22)24-11-7-8-12-25(24)29)23-15-13-21(14-16-23)20-9-5-4-6-10-20/h4-17,19,26H,18H2,1-3H3,(H,33,34). The number of nitrogens with zero attached hydrogens (tertiary/aromatic N) is 3. The van der Waals surface area contributed by atoms with Gasteiger partial charge in [0, 0.05) is 17.7 Å². The zero-order chi connectivity index (χ0) is 24.2. The predicted octanol–water partition coefficient (Wildman–Crippen LogP) is 5.89. The number of halogens is 1. The number of carboxylic acids is 1. The summed E-state index contributed by atoms with van der Waals surface area (Å²) in [4.78, 5) is 13.6. The molecule has 1 heterocycles. The maximum atomic E-state index is 14.9. The van der Waals surface area contributed by atoms with Crippen LogP contribution in [0.2, 0.25) is 0 Å². The quantitative estimate of drug-likeness (QED) is 0.359. The molecule has 3 aromatic carbocycles. The van der Waals surface area contributed by atoms with Crippen LogP contribution in [-0.4, -0.2) is 38.8 Å². The topological polar surface area (TPSA) is 58.4 Å². The van der Waals surface area contributed by atoms with Crippen LogP contribution in [0.5, 0.6) is 0 Å². The van der Waals surface area contributed by atoms with Crippen LogP contribution in [0, 0.1) is 11.7 Å². The first-order valence-corrected chi connectivity index (χ1v) is 11.3. The summed E-state index contributed by atoms with van der Waals surface area (Å²) in [5.41, 5.74) is 4.78. The van der Waals surface area contributed by atoms with Crippen molar-refractivity contribution in [3.8, 4) is 28.1 Å². The third-order valence-corrected chi connectivity index (χ3v) is 5.97. The SMILES string of the molecule is CC(C)C(C(=O)O)N(C)Cc1cnn(-c2ccc(-c3ccccc3)cc2)c1-c1ccccc1F. The van der Waals surface area contributed by atoms with Crippen molar-refractivity contribution < 1.29 is 14.3 Å². The van der Waals surface area contributed by atoms with Crippen molar-refractivity contribution in [2.75, 3.05) is 7.05 Å². The van der Waals surface area contributed by atoms with Crippen LogP contribution >= 0.6 is 0 Å². The van der Waals surface area contributed by atoms with E-state index in [1.807, 2.05) is 56.3 Å². The Hall–Kier alpha value is -3.77. The zero-order valence-corrected chi connectivity index (χ0v) is 19.5. The average Bonchev–Trinajstić information content (AvgIpc) is 3.22. The smallest absolute Gasteiger partial charge is 0.321 e. The Morgan fingerprint density at radius 2 is 1.59 bits per heavy atom. The van der Waals surface area contributed by atoms with Gasteiger partial charge in [0.05, 0.1) is 17.6 Å². The highest BCUT2D eigenvalue weighted by atomic mass is 19.1. The number of hydrogen-bond donors (Lipinski definition) is 1. The fraction of sp³-hybridized carbons (Fsp3) is 0.214. The van der Waals surface area contributed by atoms with E-state index in [1.54, 1.807) is 41.0 Å². The molecule has 1 atom stereocenters. The van der Waals surface area contributed by atoms with Gasteiger partial charge in [0.1, 0.15) is 11.9 Å². The number of rotatable bonds is 8. The number of likely N-dealkylation sites (N-methyl/N-ethyl adjacent to an activating group) is 1. The molecule has 1 aromatic heterocycles. The molecule has 4 rings (SSSR count). The van der Waals surface area contributed by atoms with E-state index in [4.69, 9.17) is 0 Å². The number of benzene rings is 3. The molecule has 34 heavy (non-hydrogen) atoms. The Balaban J connectivity index is 1.76. The molecule has 0 saturated heterocycles. The predicted molar refractivity (Wildman–Crippen MR) is 132 cm³/mol. The highest BCUT2D eigenvalue weighted by molar-refractivity contribution is 5.74. The molecule has 0 bridgehead atoms. The molecule has 6 heteroatoms. The minimum absolute atomic E-state index is 0.0833. The molecule has 0 aliphatic heterocycles. The second-order valence-corrected chi connectivity index (χ2v) is 8.77. The summed E-state index contributed by atoms with van der Waals surface area (Å²) < 4.78 is 16.6. The van der Waals surface area contributed by atoms with Gasteiger partial charge in [-0.3, -0.25) is 9.69 Å². The van der Waals surface area contributed by atoms with Crippen LogP contribution in [0.25, 0.3) is 28.1 Å². The average molecular weight is 458 g/mol. The molecule has 1 unspecified atom stereocenters. The highest BCUT2D eigenvalue weighted by Gasteiger charge is 2.28. The Morgan fingerprint density at radius 3 is 2.21 bits per heavy atom. The summed E-state index contributed by atoms with van der Waals surface area (Å²) in [5.74, 6) is -1.32. The Bertz CT molecular complexity index is 1270. The van der Waals surface area contributed by atoms with Crippen LogP contribution < -0.4 is 0 Å². The molecular formula is C28H28FN3O2. The minimum Gasteiger partial charge on any atom is -0.480 e. The van der Waals surface area contributed by atoms with Crippen molar-refractivity contribution >= 4 is 5.97 Å². The van der Waals surface area contributed by atoms with Gasteiger partial charge >= 0.3 is 5.97 Å². The largest absolute Gasteiger partial charge is 0.480 e. The second-order valence-electron chi connectivity index (χ2n) is 8.77. The molecule has 0 aliphatic carbocycles. The van der Waals surface area contributed by atoms with Crippen LogP contribution in [0.15, 0.2) is 85.1 Å². The van der Waals surface area contributed by atoms with Crippen molar-refractivity contribution in [3.63, 3.8) is 0 Å². The van der Waals surface area contributed by atoms with Crippen molar-refractivity contribution in [1.82, 2.24) is 14.7 Å². The molecule has 0 aliphatic rings. The normalized spacial score (nSPS) is 12.3. The van der Waals surface area contributed by atoms with Gasteiger partial charge in [-0.25, -0.2) is 9.07 Å². The van der Waals surface area contributed by atoms with E-state index >= 15 is 0 Å². The summed E-state index contributed by atoms with van der Waals surface area (Å²) in [6, 6.07) is 24.0. The molecule has 0 fully saturated rings. The summed E-state index contributed by atoms with van der Waals surface area (Å²) in [7, 11) is 1.77. The van der Waals surface area contributed by atoms with Crippen molar-refractivity contribution in [1.29, 1.82) is 0 Å². The Labute approximate surface area is 199 Å². The van der Waals surface area contributed by atoms with Gasteiger partial charge in [0.25, 0.3) is 0 Å². The number of aromatic nitrogens is 2. The third kappa shape index (κ3) is 4.77. The molecule has 174 valence electrons. The van der Waals surface area contributed by atoms with Gasteiger partial charge in [0.15, 0.2) is 0 Å². The van der Waals surface area contributed by atoms with Crippen LogP contribution in [0.1, 0.15) is 19.4 Å². The lowest BCUT2D eigenvalue weighted by molar-refractivity contribution is -0.144. The Kier molecular flexibility index (Phi) is 6.89. The molecule has 0 saturated carbocycles. The lowest BCUT2D eigenvalue weighted by Gasteiger charge is -2.27. The van der Waals surface area contributed by atoms with Gasteiger partial charge in [-0.1, -0.05) is 68.4 Å². The second kappa shape index (κ2) is 10.0. The third-order valence-electron chi connectivity index (χ3n) is 5.97. The summed E-state index contributed by atoms with van der Waals surface area (Å²) in [5, 5.41) is 14.3. The van der Waals surface area contributed by atoms with E-state index in [1.165, 1.54) is 6.07 Å². The Morgan fingerprint density at radius 1 is 0.971 bits per heavy atom. The molecule has 0 spiro atoms. The van der Waals surface area contributed by atoms with Gasteiger partial charge in [0.2, 0.25) is 0 Å². The highest BCUT2D eigenvalue weighted by Crippen LogP contribution is 2.31. The lowest BCUT2D eigenvalue weighted by Crippen LogP contribution is -2.41. The number of carbonyl (C=O) groups is 1. The molecular weight excluding hydrogens is 429 g/mol. The summed E-state index contributed by atoms with van der Waals surface area (Å²) in [6.45, 7) is 4.08. The van der Waals surface area contributed by atoms with E-state index in [0.717, 1.165) is 22.4 Å². The molecule has 0 amide bonds. The molecule has 0 radical (unpaired) electrons. The van der Waals surface area contributed by atoms with Gasteiger partial charge in [-0.05, 0) is 48.4 Å². The number of hydrogen-bond acceptors (Lipinski definition) is 3. The van der Waals surface area contributed by atoms with Gasteiger partial charge < -0.3 is 5.11 Å². The molecule has 1 N–H and O–H groups in total. The zero-order valence-electron chi connectivity index (χ0n) is 19.5. The monoisotopic (exact) mass is 457 g/mol. The minimum atomic E-state index is -0.881. The maximum absolute atomic E-state index is 14.9. The first-order chi connectivity index (χ1) is 16.4.